The van der Waals surface area contributed by atoms with E-state index in [0.717, 1.165) is 85.4 Å². The summed E-state index contributed by atoms with van der Waals surface area (Å²) in [5.74, 6) is 1.50. The molecule has 0 aromatic carbocycles. The van der Waals surface area contributed by atoms with Crippen LogP contribution in [-0.2, 0) is 54.2 Å². The topological polar surface area (TPSA) is 229 Å². The van der Waals surface area contributed by atoms with Gasteiger partial charge in [-0.2, -0.15) is 0 Å². The molecule has 28 heteroatoms. The Hall–Kier alpha value is -2.78. The van der Waals surface area contributed by atoms with E-state index in [1.165, 1.54) is 0 Å². The van der Waals surface area contributed by atoms with Crippen LogP contribution in [0, 0.1) is 94.7 Å². The molecule has 12 aliphatic rings. The second-order valence-electron chi connectivity index (χ2n) is 35.9. The van der Waals surface area contributed by atoms with Gasteiger partial charge in [0.25, 0.3) is 0 Å². The van der Waals surface area contributed by atoms with E-state index in [1.807, 2.05) is 26.0 Å². The van der Waals surface area contributed by atoms with Crippen molar-refractivity contribution in [2.45, 2.75) is 260 Å². The van der Waals surface area contributed by atoms with Crippen molar-refractivity contribution in [1.29, 1.82) is 0 Å². The van der Waals surface area contributed by atoms with Crippen LogP contribution in [0.15, 0.2) is 106 Å². The van der Waals surface area contributed by atoms with Gasteiger partial charge in [0.1, 0.15) is 5.76 Å². The zero-order valence-corrected chi connectivity index (χ0v) is 76.6. The molecule has 7 saturated heterocycles. The first-order chi connectivity index (χ1) is 49.1. The Morgan fingerprint density at radius 3 is 1.22 bits per heavy atom. The number of rotatable bonds is 30. The van der Waals surface area contributed by atoms with Gasteiger partial charge < -0.3 is 70.2 Å². The first-order valence-corrected chi connectivity index (χ1v) is 55.8. The minimum absolute atomic E-state index is 0.00782. The number of fused-ring (bicyclic) bond motifs is 5. The Kier molecular flexibility index (Phi) is 25.1. The van der Waals surface area contributed by atoms with Gasteiger partial charge in [0.2, 0.25) is 5.91 Å². The Morgan fingerprint density at radius 2 is 0.857 bits per heavy atom. The van der Waals surface area contributed by atoms with E-state index in [0.29, 0.717) is 67.3 Å². The standard InChI is InChI=1S/C77H131N5O15Si8/c1-27-63-59(23)68-35-72-66(37-83)61(25)67(80-72)34-69-60(24)64(76(81-69)65-33-73(84)75-62(26)70(82-77(65)75)36-71(63)79-68)29-30-74(85)78-31-28-32-98-86-99(38-52(16)45(2)3)89-102(41-55(19)48(8)9)91-100(87-98,39-53(17)46(4)5)93-104(43-57(21)50(12)13)94-101(88-98,40-54(18)47(6)7)92-103(90-99,42-56(20)49(10)11)96-105(95-102,97-104)44-58(22)51(14)15/h34-36,45-58,60,64,81,83-84H,27-33,37-44H2,1-26H3,(H,78,85)/t52?,53?,54?,55?,56?,57?,58?,60-,64-,98?,99?,100?,101?,102?,103?,104?,105?/m0/s1. The quantitative estimate of drug-likeness (QED) is 0.0387. The monoisotopic (exact) mass is 1590 g/mol. The van der Waals surface area contributed by atoms with Crippen molar-refractivity contribution in [1.82, 2.24) is 10.6 Å². The highest BCUT2D eigenvalue weighted by Gasteiger charge is 2.84. The highest BCUT2D eigenvalue weighted by atomic mass is 28.6. The van der Waals surface area contributed by atoms with Gasteiger partial charge in [0.15, 0.2) is 0 Å². The van der Waals surface area contributed by atoms with Gasteiger partial charge in [-0.15, -0.1) is 0 Å². The van der Waals surface area contributed by atoms with Crippen molar-refractivity contribution in [2.24, 2.45) is 110 Å². The summed E-state index contributed by atoms with van der Waals surface area (Å²) in [6.45, 7) is 57.9. The van der Waals surface area contributed by atoms with Gasteiger partial charge in [0.05, 0.1) is 40.8 Å². The maximum Gasteiger partial charge on any atom is 0.479 e. The lowest BCUT2D eigenvalue weighted by atomic mass is 9.86. The minimum atomic E-state index is -4.45. The van der Waals surface area contributed by atoms with Crippen LogP contribution in [0.5, 0.6) is 0 Å². The number of nitrogens with one attached hydrogen (secondary N) is 2. The molecule has 7 unspecified atom stereocenters. The summed E-state index contributed by atoms with van der Waals surface area (Å²) in [6.07, 6.45) is 8.29. The molecule has 11 aliphatic heterocycles. The van der Waals surface area contributed by atoms with Crippen LogP contribution in [0.2, 0.25) is 48.4 Å². The lowest BCUT2D eigenvalue weighted by molar-refractivity contribution is -0.121. The van der Waals surface area contributed by atoms with Gasteiger partial charge in [-0.3, -0.25) is 4.79 Å². The molecule has 0 radical (unpaired) electrons. The summed E-state index contributed by atoms with van der Waals surface area (Å²) in [6, 6.07) is 3.08. The van der Waals surface area contributed by atoms with E-state index < -0.39 is 70.4 Å². The summed E-state index contributed by atoms with van der Waals surface area (Å²) in [4.78, 5) is 30.7. The lowest BCUT2D eigenvalue weighted by Gasteiger charge is -2.64. The van der Waals surface area contributed by atoms with Crippen molar-refractivity contribution < 1.29 is 64.4 Å². The highest BCUT2D eigenvalue weighted by Crippen LogP contribution is 2.58. The Morgan fingerprint density at radius 1 is 0.505 bits per heavy atom. The van der Waals surface area contributed by atoms with Gasteiger partial charge >= 0.3 is 70.4 Å². The number of aliphatic hydroxyl groups excluding tert-OH is 2. The number of allylic oxidation sites excluding steroid dienone is 11. The van der Waals surface area contributed by atoms with Crippen LogP contribution in [-0.4, -0.2) is 117 Å². The Labute approximate surface area is 639 Å². The molecule has 20 nitrogen and oxygen atoms in total. The third kappa shape index (κ3) is 17.1. The fourth-order valence-electron chi connectivity index (χ4n) is 16.0. The van der Waals surface area contributed by atoms with Gasteiger partial charge in [0, 0.05) is 108 Å². The van der Waals surface area contributed by atoms with E-state index in [4.69, 9.17) is 64.4 Å². The molecule has 12 rings (SSSR count). The second kappa shape index (κ2) is 31.6. The zero-order valence-electron chi connectivity index (χ0n) is 68.6. The molecule has 105 heavy (non-hydrogen) atoms. The van der Waals surface area contributed by atoms with E-state index in [1.54, 1.807) is 0 Å². The molecule has 16 bridgehead atoms. The zero-order chi connectivity index (χ0) is 76.8. The molecular weight excluding hydrogens is 1460 g/mol. The highest BCUT2D eigenvalue weighted by molar-refractivity contribution is 7.03. The van der Waals surface area contributed by atoms with Gasteiger partial charge in [-0.25, -0.2) is 15.0 Å². The first-order valence-electron chi connectivity index (χ1n) is 40.3. The van der Waals surface area contributed by atoms with E-state index in [9.17, 15) is 10.2 Å². The number of aliphatic imine (C=N–C) groups is 3. The normalized spacial score (nSPS) is 34.3. The smallest absolute Gasteiger partial charge is 0.479 e. The number of carbonyl (C=O) groups excluding carboxylic acids is 1. The second-order valence-corrected chi connectivity index (χ2v) is 60.0. The molecule has 0 spiro atoms. The van der Waals surface area contributed by atoms with E-state index >= 15 is 4.79 Å². The van der Waals surface area contributed by atoms with Crippen LogP contribution in [0.25, 0.3) is 0 Å². The lowest BCUT2D eigenvalue weighted by Crippen LogP contribution is -2.89. The fourth-order valence-corrected chi connectivity index (χ4v) is 69.4. The number of hydrogen-bond donors (Lipinski definition) is 4. The predicted octanol–water partition coefficient (Wildman–Crippen LogP) is 17.8. The number of amides is 1. The summed E-state index contributed by atoms with van der Waals surface area (Å²) < 4.78 is 101. The summed E-state index contributed by atoms with van der Waals surface area (Å²) in [7, 11) is -34.7. The maximum atomic E-state index is 15.0. The van der Waals surface area contributed by atoms with E-state index in [2.05, 4.69) is 183 Å². The van der Waals surface area contributed by atoms with Crippen LogP contribution in [0.4, 0.5) is 0 Å². The molecule has 586 valence electrons. The van der Waals surface area contributed by atoms with E-state index in [-0.39, 0.29) is 132 Å². The molecule has 4 N–H and O–H groups in total. The maximum absolute atomic E-state index is 15.0. The van der Waals surface area contributed by atoms with Crippen LogP contribution >= 0.6 is 0 Å². The molecule has 1 aliphatic carbocycles. The van der Waals surface area contributed by atoms with Crippen LogP contribution < -0.4 is 10.6 Å². The Bertz CT molecular complexity index is 3530. The molecule has 0 aromatic heterocycles. The van der Waals surface area contributed by atoms with Crippen LogP contribution in [0.1, 0.15) is 212 Å². The number of hydrogen-bond acceptors (Lipinski definition) is 19. The molecule has 11 heterocycles. The SMILES string of the molecule is CCC1=C(C)C2=NC1=CC1=C(C)C3=C(O)CC(=C4NC(=CC5=NC(=C2)C(CO)=C5C)[C@@H](C)[C@@H]4CCC(=O)NCCC[Si]24O[Si]5(CC(C)C(C)C)O[Si]6(CC(C)C(C)C)O[Si](CC(C)C(C)C)(O2)O[Si]2(CC(C)C(C)C)O[Si](CC(C)C(C)C)(O4)O[Si](CC(C)C(C)C)(O5)O[Si](CC(C)C(C)C)(O6)O2)C3=N1. The van der Waals surface area contributed by atoms with Gasteiger partial charge in [-0.05, 0) is 163 Å². The molecule has 7 fully saturated rings. The molecular formula is C77H131N5O15Si8. The summed E-state index contributed by atoms with van der Waals surface area (Å²) in [5, 5.41) is 30.1. The Balaban J connectivity index is 1.01. The number of aliphatic hydroxyl groups is 2. The third-order valence-corrected chi connectivity index (χ3v) is 64.5. The average Bonchev–Trinajstić information content (AvgIpc) is 1.51. The first kappa shape index (κ1) is 83.2. The number of carbonyl (C=O) groups is 1. The van der Waals surface area contributed by atoms with Crippen molar-refractivity contribution >= 4 is 93.5 Å². The van der Waals surface area contributed by atoms with Crippen LogP contribution in [0.3, 0.4) is 0 Å². The van der Waals surface area contributed by atoms with Crippen molar-refractivity contribution in [2.75, 3.05) is 13.2 Å². The average molecular weight is 1590 g/mol. The molecule has 0 saturated carbocycles. The molecule has 0 aromatic rings. The summed E-state index contributed by atoms with van der Waals surface area (Å²) >= 11 is 0. The predicted molar refractivity (Wildman–Crippen MR) is 432 cm³/mol. The van der Waals surface area contributed by atoms with Crippen molar-refractivity contribution in [3.63, 3.8) is 0 Å². The fraction of sp³-hybridized carbons (Fsp3) is 0.740. The third-order valence-electron chi connectivity index (χ3n) is 25.7. The van der Waals surface area contributed by atoms with Crippen molar-refractivity contribution in [3.05, 3.63) is 91.5 Å². The molecule has 1 amide bonds. The van der Waals surface area contributed by atoms with Gasteiger partial charge in [-0.1, -0.05) is 159 Å². The summed E-state index contributed by atoms with van der Waals surface area (Å²) in [5.41, 5.74) is 12.8. The largest absolute Gasteiger partial charge is 0.511 e. The minimum Gasteiger partial charge on any atom is -0.511 e. The molecule has 9 atom stereocenters. The number of nitrogens with zero attached hydrogens (tertiary/aromatic N) is 3. The van der Waals surface area contributed by atoms with Crippen molar-refractivity contribution in [3.8, 4) is 0 Å².